The molecule has 1 unspecified atom stereocenters. The maximum absolute atomic E-state index is 12.2. The van der Waals surface area contributed by atoms with Gasteiger partial charge in [-0.3, -0.25) is 0 Å². The first-order chi connectivity index (χ1) is 5.72. The Kier molecular flexibility index (Phi) is 3.74. The molecule has 0 aromatic carbocycles. The van der Waals surface area contributed by atoms with Gasteiger partial charge in [0.1, 0.15) is 0 Å². The molecule has 0 spiro atoms. The van der Waals surface area contributed by atoms with Crippen LogP contribution >= 0.6 is 0 Å². The van der Waals surface area contributed by atoms with E-state index in [1.165, 1.54) is 0 Å². The molecule has 0 heterocycles. The van der Waals surface area contributed by atoms with Crippen molar-refractivity contribution >= 4 is 0 Å². The second-order valence-electron chi connectivity index (χ2n) is 2.23. The molecule has 0 aliphatic rings. The molecule has 0 nitrogen and oxygen atoms in total. The van der Waals surface area contributed by atoms with Crippen LogP contribution in [0.4, 0.5) is 30.7 Å². The van der Waals surface area contributed by atoms with Crippen LogP contribution in [-0.4, -0.2) is 18.3 Å². The highest BCUT2D eigenvalue weighted by Crippen LogP contribution is 2.37. The van der Waals surface area contributed by atoms with Gasteiger partial charge in [-0.2, -0.15) is 13.2 Å². The smallest absolute Gasteiger partial charge is 0.231 e. The van der Waals surface area contributed by atoms with Crippen LogP contribution < -0.4 is 0 Å². The van der Waals surface area contributed by atoms with Crippen molar-refractivity contribution in [3.05, 3.63) is 12.4 Å². The summed E-state index contributed by atoms with van der Waals surface area (Å²) in [6.07, 6.45) is -11.8. The maximum Gasteiger partial charge on any atom is 0.425 e. The van der Waals surface area contributed by atoms with Crippen molar-refractivity contribution < 1.29 is 30.7 Å². The first-order valence-corrected chi connectivity index (χ1v) is 3.05. The molecule has 0 bridgehead atoms. The summed E-state index contributed by atoms with van der Waals surface area (Å²) in [5, 5.41) is 0. The molecular weight excluding hydrogens is 205 g/mol. The lowest BCUT2D eigenvalue weighted by Gasteiger charge is -2.20. The zero-order chi connectivity index (χ0) is 10.7. The van der Waals surface area contributed by atoms with Gasteiger partial charge in [-0.15, -0.1) is 0 Å². The SMILES string of the molecule is FC=CCC(F)(F)C(F)C(F)(F)F. The van der Waals surface area contributed by atoms with E-state index >= 15 is 0 Å². The number of hydrogen-bond acceptors (Lipinski definition) is 0. The molecule has 0 aromatic heterocycles. The van der Waals surface area contributed by atoms with E-state index in [9.17, 15) is 30.7 Å². The molecular formula is C6H5F7. The Labute approximate surface area is 69.0 Å². The molecule has 0 amide bonds. The van der Waals surface area contributed by atoms with Crippen molar-refractivity contribution in [1.82, 2.24) is 0 Å². The summed E-state index contributed by atoms with van der Waals surface area (Å²) in [5.41, 5.74) is 0. The number of rotatable bonds is 3. The highest BCUT2D eigenvalue weighted by Gasteiger charge is 2.55. The topological polar surface area (TPSA) is 0 Å². The van der Waals surface area contributed by atoms with E-state index in [0.717, 1.165) is 0 Å². The predicted molar refractivity (Wildman–Crippen MR) is 30.8 cm³/mol. The van der Waals surface area contributed by atoms with Gasteiger partial charge in [-0.05, 0) is 0 Å². The maximum atomic E-state index is 12.2. The fourth-order valence-corrected chi connectivity index (χ4v) is 0.545. The predicted octanol–water partition coefficient (Wildman–Crippen LogP) is 3.40. The van der Waals surface area contributed by atoms with Crippen LogP contribution in [0.2, 0.25) is 0 Å². The van der Waals surface area contributed by atoms with E-state index < -0.39 is 24.7 Å². The molecule has 0 aliphatic carbocycles. The van der Waals surface area contributed by atoms with Gasteiger partial charge < -0.3 is 0 Å². The van der Waals surface area contributed by atoms with Gasteiger partial charge >= 0.3 is 6.18 Å². The van der Waals surface area contributed by atoms with Crippen LogP contribution in [0, 0.1) is 0 Å². The molecule has 0 radical (unpaired) electrons. The summed E-state index contributed by atoms with van der Waals surface area (Å²) in [5.74, 6) is -4.62. The van der Waals surface area contributed by atoms with Crippen molar-refractivity contribution in [1.29, 1.82) is 0 Å². The Morgan fingerprint density at radius 2 is 1.54 bits per heavy atom. The standard InChI is InChI=1S/C6H5F7/c7-3-1-2-5(9,10)4(8)6(11,12)13/h1,3-4H,2H2. The highest BCUT2D eigenvalue weighted by molar-refractivity contribution is 4.89. The molecule has 13 heavy (non-hydrogen) atoms. The number of alkyl halides is 6. The molecule has 0 aliphatic heterocycles. The lowest BCUT2D eigenvalue weighted by atomic mass is 10.1. The van der Waals surface area contributed by atoms with E-state index in [2.05, 4.69) is 0 Å². The lowest BCUT2D eigenvalue weighted by molar-refractivity contribution is -0.243. The molecule has 0 saturated carbocycles. The van der Waals surface area contributed by atoms with Crippen molar-refractivity contribution in [2.24, 2.45) is 0 Å². The van der Waals surface area contributed by atoms with Gasteiger partial charge in [0.2, 0.25) is 0 Å². The number of halogens is 7. The van der Waals surface area contributed by atoms with Gasteiger partial charge in [0.25, 0.3) is 12.1 Å². The average Bonchev–Trinajstić information content (AvgIpc) is 1.98. The second kappa shape index (κ2) is 3.97. The zero-order valence-electron chi connectivity index (χ0n) is 6.08. The first kappa shape index (κ1) is 12.2. The van der Waals surface area contributed by atoms with Crippen LogP contribution in [0.25, 0.3) is 0 Å². The molecule has 0 aromatic rings. The van der Waals surface area contributed by atoms with Crippen molar-refractivity contribution in [3.63, 3.8) is 0 Å². The van der Waals surface area contributed by atoms with Crippen LogP contribution in [-0.2, 0) is 0 Å². The van der Waals surface area contributed by atoms with Crippen molar-refractivity contribution in [3.8, 4) is 0 Å². The van der Waals surface area contributed by atoms with E-state index in [-0.39, 0.29) is 12.4 Å². The van der Waals surface area contributed by atoms with Crippen molar-refractivity contribution in [2.75, 3.05) is 0 Å². The minimum Gasteiger partial charge on any atom is -0.231 e. The van der Waals surface area contributed by atoms with Crippen LogP contribution in [0.15, 0.2) is 12.4 Å². The van der Waals surface area contributed by atoms with E-state index in [1.807, 2.05) is 0 Å². The third kappa shape index (κ3) is 3.65. The molecule has 1 atom stereocenters. The monoisotopic (exact) mass is 210 g/mol. The largest absolute Gasteiger partial charge is 0.425 e. The summed E-state index contributed by atoms with van der Waals surface area (Å²) in [6.45, 7) is 0. The van der Waals surface area contributed by atoms with E-state index in [1.54, 1.807) is 0 Å². The normalized spacial score (nSPS) is 16.5. The van der Waals surface area contributed by atoms with E-state index in [4.69, 9.17) is 0 Å². The Bertz CT molecular complexity index is 180. The highest BCUT2D eigenvalue weighted by atomic mass is 19.4. The van der Waals surface area contributed by atoms with Crippen molar-refractivity contribution in [2.45, 2.75) is 24.7 Å². The van der Waals surface area contributed by atoms with Gasteiger partial charge in [-0.1, -0.05) is 6.08 Å². The van der Waals surface area contributed by atoms with Gasteiger partial charge in [0.05, 0.1) is 6.33 Å². The Hall–Kier alpha value is -0.750. The molecule has 0 saturated heterocycles. The Morgan fingerprint density at radius 1 is 1.08 bits per heavy atom. The van der Waals surface area contributed by atoms with Crippen LogP contribution in [0.1, 0.15) is 6.42 Å². The average molecular weight is 210 g/mol. The summed E-state index contributed by atoms with van der Waals surface area (Å²) < 4.78 is 81.7. The van der Waals surface area contributed by atoms with Gasteiger partial charge in [0, 0.05) is 6.42 Å². The molecule has 78 valence electrons. The lowest BCUT2D eigenvalue weighted by Crippen LogP contribution is -2.41. The second-order valence-corrected chi connectivity index (χ2v) is 2.23. The zero-order valence-corrected chi connectivity index (χ0v) is 6.08. The number of hydrogen-bond donors (Lipinski definition) is 0. The Morgan fingerprint density at radius 3 is 1.85 bits per heavy atom. The first-order valence-electron chi connectivity index (χ1n) is 3.05. The quantitative estimate of drug-likeness (QED) is 0.626. The molecule has 0 fully saturated rings. The number of allylic oxidation sites excluding steroid dienone is 1. The third-order valence-corrected chi connectivity index (χ3v) is 1.14. The van der Waals surface area contributed by atoms with Gasteiger partial charge in [-0.25, -0.2) is 17.6 Å². The van der Waals surface area contributed by atoms with E-state index in [0.29, 0.717) is 0 Å². The summed E-state index contributed by atoms with van der Waals surface area (Å²) >= 11 is 0. The Balaban J connectivity index is 4.44. The fraction of sp³-hybridized carbons (Fsp3) is 0.667. The van der Waals surface area contributed by atoms with Crippen LogP contribution in [0.3, 0.4) is 0 Å². The van der Waals surface area contributed by atoms with Crippen LogP contribution in [0.5, 0.6) is 0 Å². The molecule has 7 heteroatoms. The fourth-order valence-electron chi connectivity index (χ4n) is 0.545. The molecule has 0 rings (SSSR count). The summed E-state index contributed by atoms with van der Waals surface area (Å²) in [6, 6.07) is 0. The molecule has 0 N–H and O–H groups in total. The minimum absolute atomic E-state index is 0.123. The summed E-state index contributed by atoms with van der Waals surface area (Å²) in [4.78, 5) is 0. The summed E-state index contributed by atoms with van der Waals surface area (Å²) in [7, 11) is 0. The minimum atomic E-state index is -5.63. The third-order valence-electron chi connectivity index (χ3n) is 1.14. The van der Waals surface area contributed by atoms with Gasteiger partial charge in [0.15, 0.2) is 0 Å².